The number of carbonyl (C=O) groups excluding carboxylic acids is 2. The van der Waals surface area contributed by atoms with Crippen LogP contribution in [-0.4, -0.2) is 47.0 Å². The Morgan fingerprint density at radius 2 is 2.03 bits per heavy atom. The third kappa shape index (κ3) is 5.53. The van der Waals surface area contributed by atoms with Gasteiger partial charge in [-0.1, -0.05) is 35.5 Å². The van der Waals surface area contributed by atoms with Crippen LogP contribution in [0.4, 0.5) is 0 Å². The van der Waals surface area contributed by atoms with E-state index in [1.54, 1.807) is 6.07 Å². The molecule has 1 unspecified atom stereocenters. The van der Waals surface area contributed by atoms with Crippen LogP contribution in [-0.2, 0) is 11.2 Å². The highest BCUT2D eigenvalue weighted by molar-refractivity contribution is 5.92. The van der Waals surface area contributed by atoms with Crippen molar-refractivity contribution in [3.63, 3.8) is 0 Å². The number of nitrogens with two attached hydrogens (primary N) is 1. The zero-order valence-corrected chi connectivity index (χ0v) is 18.1. The van der Waals surface area contributed by atoms with Gasteiger partial charge in [-0.2, -0.15) is 0 Å². The molecular weight excluding hydrogens is 392 g/mol. The fourth-order valence-electron chi connectivity index (χ4n) is 4.44. The Morgan fingerprint density at radius 1 is 1.26 bits per heavy atom. The smallest absolute Gasteiger partial charge is 0.273 e. The first-order valence-electron chi connectivity index (χ1n) is 11.3. The van der Waals surface area contributed by atoms with E-state index in [0.29, 0.717) is 31.1 Å². The Kier molecular flexibility index (Phi) is 6.70. The maximum absolute atomic E-state index is 13.0. The predicted molar refractivity (Wildman–Crippen MR) is 117 cm³/mol. The Morgan fingerprint density at radius 3 is 2.71 bits per heavy atom. The van der Waals surface area contributed by atoms with E-state index >= 15 is 0 Å². The number of nitrogens with one attached hydrogen (secondary N) is 1. The minimum atomic E-state index is -0.196. The van der Waals surface area contributed by atoms with E-state index in [-0.39, 0.29) is 29.8 Å². The highest BCUT2D eigenvalue weighted by Crippen LogP contribution is 2.40. The first-order valence-corrected chi connectivity index (χ1v) is 11.3. The Hall–Kier alpha value is -2.67. The fourth-order valence-corrected chi connectivity index (χ4v) is 4.44. The normalized spacial score (nSPS) is 22.2. The van der Waals surface area contributed by atoms with Gasteiger partial charge in [-0.3, -0.25) is 9.59 Å². The Bertz CT molecular complexity index is 893. The van der Waals surface area contributed by atoms with Crippen LogP contribution < -0.4 is 11.1 Å². The molecule has 1 saturated carbocycles. The van der Waals surface area contributed by atoms with Crippen LogP contribution in [0.5, 0.6) is 0 Å². The van der Waals surface area contributed by atoms with Crippen LogP contribution in [0.1, 0.15) is 66.8 Å². The number of hydrogen-bond acceptors (Lipinski definition) is 5. The van der Waals surface area contributed by atoms with Crippen LogP contribution in [0.2, 0.25) is 0 Å². The number of aromatic nitrogens is 1. The van der Waals surface area contributed by atoms with Crippen molar-refractivity contribution in [1.82, 2.24) is 15.4 Å². The molecule has 3 N–H and O–H groups in total. The van der Waals surface area contributed by atoms with E-state index in [2.05, 4.69) is 22.6 Å². The molecule has 0 spiro atoms. The summed E-state index contributed by atoms with van der Waals surface area (Å²) in [4.78, 5) is 27.4. The monoisotopic (exact) mass is 424 g/mol. The van der Waals surface area contributed by atoms with Gasteiger partial charge in [-0.05, 0) is 57.1 Å². The van der Waals surface area contributed by atoms with Crippen molar-refractivity contribution in [2.24, 2.45) is 11.7 Å². The van der Waals surface area contributed by atoms with Crippen LogP contribution in [0, 0.1) is 5.92 Å². The average molecular weight is 425 g/mol. The van der Waals surface area contributed by atoms with Gasteiger partial charge in [0.2, 0.25) is 5.91 Å². The van der Waals surface area contributed by atoms with Gasteiger partial charge in [0.25, 0.3) is 5.91 Å². The average Bonchev–Trinajstić information content (AvgIpc) is 3.50. The van der Waals surface area contributed by atoms with Gasteiger partial charge < -0.3 is 20.5 Å². The maximum Gasteiger partial charge on any atom is 0.273 e. The number of amides is 2. The van der Waals surface area contributed by atoms with E-state index in [4.69, 9.17) is 10.3 Å². The number of nitrogens with zero attached hydrogens (tertiary/aromatic N) is 2. The van der Waals surface area contributed by atoms with E-state index in [1.165, 1.54) is 5.56 Å². The first kappa shape index (κ1) is 21.6. The molecule has 2 heterocycles. The van der Waals surface area contributed by atoms with E-state index in [9.17, 15) is 9.59 Å². The van der Waals surface area contributed by atoms with Gasteiger partial charge in [0.15, 0.2) is 5.69 Å². The zero-order valence-electron chi connectivity index (χ0n) is 18.1. The van der Waals surface area contributed by atoms with E-state index in [1.807, 2.05) is 30.0 Å². The molecule has 3 atom stereocenters. The zero-order chi connectivity index (χ0) is 21.8. The molecule has 2 fully saturated rings. The molecule has 1 saturated heterocycles. The van der Waals surface area contributed by atoms with Crippen LogP contribution >= 0.6 is 0 Å². The number of rotatable bonds is 8. The van der Waals surface area contributed by atoms with Crippen molar-refractivity contribution >= 4 is 11.8 Å². The number of carbonyl (C=O) groups is 2. The summed E-state index contributed by atoms with van der Waals surface area (Å²) < 4.78 is 5.28. The summed E-state index contributed by atoms with van der Waals surface area (Å²) in [7, 11) is 0. The summed E-state index contributed by atoms with van der Waals surface area (Å²) in [5.41, 5.74) is 7.51. The molecule has 7 nitrogen and oxygen atoms in total. The molecule has 2 aliphatic rings. The van der Waals surface area contributed by atoms with Gasteiger partial charge in [-0.25, -0.2) is 0 Å². The van der Waals surface area contributed by atoms with E-state index < -0.39 is 0 Å². The molecule has 4 rings (SSSR count). The number of piperidine rings is 1. The van der Waals surface area contributed by atoms with Crippen molar-refractivity contribution in [1.29, 1.82) is 0 Å². The molecule has 0 bridgehead atoms. The van der Waals surface area contributed by atoms with Crippen LogP contribution in [0.25, 0.3) is 0 Å². The van der Waals surface area contributed by atoms with Gasteiger partial charge in [-0.15, -0.1) is 0 Å². The second kappa shape index (κ2) is 9.64. The summed E-state index contributed by atoms with van der Waals surface area (Å²) in [5.74, 6) is 1.33. The third-order valence-corrected chi connectivity index (χ3v) is 6.44. The third-order valence-electron chi connectivity index (χ3n) is 6.44. The lowest BCUT2D eigenvalue weighted by molar-refractivity contribution is -0.135. The number of hydrogen-bond donors (Lipinski definition) is 2. The molecule has 0 radical (unpaired) electrons. The number of likely N-dealkylation sites (tertiary alicyclic amines) is 1. The molecular formula is C24H32N4O3. The summed E-state index contributed by atoms with van der Waals surface area (Å²) in [6, 6.07) is 12.0. The minimum Gasteiger partial charge on any atom is -0.360 e. The number of benzene rings is 1. The van der Waals surface area contributed by atoms with Gasteiger partial charge in [0.1, 0.15) is 5.76 Å². The largest absolute Gasteiger partial charge is 0.360 e. The Balaban J connectivity index is 1.26. The van der Waals surface area contributed by atoms with Crippen LogP contribution in [0.15, 0.2) is 40.9 Å². The van der Waals surface area contributed by atoms with Gasteiger partial charge in [0.05, 0.1) is 0 Å². The second-order valence-electron chi connectivity index (χ2n) is 9.02. The Labute approximate surface area is 183 Å². The lowest BCUT2D eigenvalue weighted by Crippen LogP contribution is -2.51. The molecule has 7 heteroatoms. The van der Waals surface area contributed by atoms with E-state index in [0.717, 1.165) is 37.9 Å². The SMILES string of the molecule is C[C@H]1C[C@H](NC(=O)c2cc(C3CC3)on2)CCN1C(=O)CC(CN)Cc1ccccc1. The molecule has 1 aromatic heterocycles. The summed E-state index contributed by atoms with van der Waals surface area (Å²) in [6.07, 6.45) is 4.95. The summed E-state index contributed by atoms with van der Waals surface area (Å²) in [5, 5.41) is 6.98. The lowest BCUT2D eigenvalue weighted by Gasteiger charge is -2.38. The lowest BCUT2D eigenvalue weighted by atomic mass is 9.93. The molecule has 1 aliphatic heterocycles. The molecule has 2 amide bonds. The van der Waals surface area contributed by atoms with Gasteiger partial charge in [0, 0.05) is 37.0 Å². The minimum absolute atomic E-state index is 0.0299. The van der Waals surface area contributed by atoms with Gasteiger partial charge >= 0.3 is 0 Å². The van der Waals surface area contributed by atoms with Crippen molar-refractivity contribution in [3.05, 3.63) is 53.4 Å². The van der Waals surface area contributed by atoms with Crippen LogP contribution in [0.3, 0.4) is 0 Å². The first-order chi connectivity index (χ1) is 15.0. The molecule has 31 heavy (non-hydrogen) atoms. The van der Waals surface area contributed by atoms with Crippen molar-refractivity contribution in [2.75, 3.05) is 13.1 Å². The summed E-state index contributed by atoms with van der Waals surface area (Å²) >= 11 is 0. The summed E-state index contributed by atoms with van der Waals surface area (Å²) in [6.45, 7) is 3.17. The quantitative estimate of drug-likeness (QED) is 0.678. The highest BCUT2D eigenvalue weighted by Gasteiger charge is 2.32. The highest BCUT2D eigenvalue weighted by atomic mass is 16.5. The topological polar surface area (TPSA) is 101 Å². The standard InChI is InChI=1S/C24H32N4O3/c1-16-11-20(26-24(30)21-14-22(31-27-21)19-7-8-19)9-10-28(16)23(29)13-18(15-25)12-17-5-3-2-4-6-17/h2-6,14,16,18-20H,7-13,15,25H2,1H3,(H,26,30)/t16-,18?,20+/m0/s1. The fraction of sp³-hybridized carbons (Fsp3) is 0.542. The predicted octanol–water partition coefficient (Wildman–Crippen LogP) is 2.87. The molecule has 166 valence electrons. The maximum atomic E-state index is 13.0. The van der Waals surface area contributed by atoms with Crippen molar-refractivity contribution in [3.8, 4) is 0 Å². The molecule has 1 aromatic carbocycles. The van der Waals surface area contributed by atoms with Crippen molar-refractivity contribution in [2.45, 2.75) is 63.5 Å². The van der Waals surface area contributed by atoms with Crippen molar-refractivity contribution < 1.29 is 14.1 Å². The second-order valence-corrected chi connectivity index (χ2v) is 9.02. The molecule has 1 aliphatic carbocycles. The molecule has 2 aromatic rings.